The Kier molecular flexibility index (Phi) is 7.36. The van der Waals surface area contributed by atoms with Crippen LogP contribution in [0.2, 0.25) is 0 Å². The summed E-state index contributed by atoms with van der Waals surface area (Å²) in [6.45, 7) is 11.7. The zero-order valence-electron chi connectivity index (χ0n) is 16.7. The fourth-order valence-corrected chi connectivity index (χ4v) is 4.35. The third kappa shape index (κ3) is 4.71. The number of guanidine groups is 1. The summed E-state index contributed by atoms with van der Waals surface area (Å²) in [6.07, 6.45) is 3.35. The van der Waals surface area contributed by atoms with Gasteiger partial charge in [0.05, 0.1) is 0 Å². The van der Waals surface area contributed by atoms with Gasteiger partial charge in [-0.05, 0) is 42.7 Å². The number of aliphatic imine (C=N–C) groups is 1. The summed E-state index contributed by atoms with van der Waals surface area (Å²) < 4.78 is 5.68. The first-order valence-electron chi connectivity index (χ1n) is 9.55. The standard InChI is InChI=1S/C21H33N3O.HI/c1-17-7-5-6-8-18(17)21(10-13-25-14-11-21)15-23-19(22-4)24-12-9-20(2,3)16-24;/h5-8H,9-16H2,1-4H3,(H,22,23);1H. The van der Waals surface area contributed by atoms with Gasteiger partial charge in [-0.25, -0.2) is 0 Å². The number of hydrogen-bond donors (Lipinski definition) is 1. The van der Waals surface area contributed by atoms with Crippen molar-refractivity contribution in [1.82, 2.24) is 10.2 Å². The molecule has 0 radical (unpaired) electrons. The lowest BCUT2D eigenvalue weighted by atomic mass is 9.72. The highest BCUT2D eigenvalue weighted by atomic mass is 127. The molecule has 0 bridgehead atoms. The topological polar surface area (TPSA) is 36.9 Å². The summed E-state index contributed by atoms with van der Waals surface area (Å²) >= 11 is 0. The van der Waals surface area contributed by atoms with Crippen LogP contribution in [0.25, 0.3) is 0 Å². The van der Waals surface area contributed by atoms with E-state index in [2.05, 4.69) is 60.2 Å². The van der Waals surface area contributed by atoms with Crippen molar-refractivity contribution in [3.63, 3.8) is 0 Å². The molecule has 2 saturated heterocycles. The molecule has 2 aliphatic heterocycles. The molecule has 1 aromatic carbocycles. The number of aryl methyl sites for hydroxylation is 1. The molecule has 2 heterocycles. The lowest BCUT2D eigenvalue weighted by molar-refractivity contribution is 0.0510. The van der Waals surface area contributed by atoms with Crippen molar-refractivity contribution in [3.8, 4) is 0 Å². The van der Waals surface area contributed by atoms with E-state index in [0.717, 1.165) is 51.6 Å². The van der Waals surface area contributed by atoms with Gasteiger partial charge >= 0.3 is 0 Å². The maximum Gasteiger partial charge on any atom is 0.193 e. The van der Waals surface area contributed by atoms with E-state index in [9.17, 15) is 0 Å². The SMILES string of the molecule is CN=C(NCC1(c2ccccc2C)CCOCC1)N1CCC(C)(C)C1.I. The highest BCUT2D eigenvalue weighted by molar-refractivity contribution is 14.0. The van der Waals surface area contributed by atoms with Crippen molar-refractivity contribution in [1.29, 1.82) is 0 Å². The summed E-state index contributed by atoms with van der Waals surface area (Å²) in [4.78, 5) is 6.98. The van der Waals surface area contributed by atoms with Crippen LogP contribution in [0.15, 0.2) is 29.3 Å². The molecule has 5 heteroatoms. The Morgan fingerprint density at radius 1 is 1.19 bits per heavy atom. The van der Waals surface area contributed by atoms with Gasteiger partial charge in [-0.15, -0.1) is 24.0 Å². The molecule has 146 valence electrons. The van der Waals surface area contributed by atoms with Crippen molar-refractivity contribution in [3.05, 3.63) is 35.4 Å². The van der Waals surface area contributed by atoms with Crippen LogP contribution in [0, 0.1) is 12.3 Å². The fourth-order valence-electron chi connectivity index (χ4n) is 4.35. The van der Waals surface area contributed by atoms with Crippen molar-refractivity contribution in [2.24, 2.45) is 10.4 Å². The molecule has 0 spiro atoms. The predicted octanol–water partition coefficient (Wildman–Crippen LogP) is 3.97. The highest BCUT2D eigenvalue weighted by Gasteiger charge is 2.37. The van der Waals surface area contributed by atoms with Crippen LogP contribution >= 0.6 is 24.0 Å². The minimum Gasteiger partial charge on any atom is -0.381 e. The maximum atomic E-state index is 5.68. The Balaban J connectivity index is 0.00000243. The van der Waals surface area contributed by atoms with E-state index in [-0.39, 0.29) is 29.4 Å². The minimum absolute atomic E-state index is 0. The molecular weight excluding hydrogens is 437 g/mol. The van der Waals surface area contributed by atoms with Crippen LogP contribution in [0.4, 0.5) is 0 Å². The number of halogens is 1. The van der Waals surface area contributed by atoms with E-state index in [1.54, 1.807) is 0 Å². The quantitative estimate of drug-likeness (QED) is 0.412. The second kappa shape index (κ2) is 8.91. The summed E-state index contributed by atoms with van der Waals surface area (Å²) in [6, 6.07) is 8.82. The summed E-state index contributed by atoms with van der Waals surface area (Å²) in [7, 11) is 1.90. The zero-order valence-corrected chi connectivity index (χ0v) is 19.0. The number of nitrogens with zero attached hydrogens (tertiary/aromatic N) is 2. The smallest absolute Gasteiger partial charge is 0.193 e. The first kappa shape index (κ1) is 21.5. The van der Waals surface area contributed by atoms with Gasteiger partial charge in [-0.1, -0.05) is 38.1 Å². The van der Waals surface area contributed by atoms with Crippen molar-refractivity contribution < 1.29 is 4.74 Å². The average Bonchev–Trinajstić information content (AvgIpc) is 2.96. The van der Waals surface area contributed by atoms with Crippen LogP contribution in [-0.2, 0) is 10.2 Å². The van der Waals surface area contributed by atoms with E-state index < -0.39 is 0 Å². The normalized spacial score (nSPS) is 22.0. The molecule has 0 atom stereocenters. The number of nitrogens with one attached hydrogen (secondary N) is 1. The van der Waals surface area contributed by atoms with Gasteiger partial charge in [0.15, 0.2) is 5.96 Å². The summed E-state index contributed by atoms with van der Waals surface area (Å²) in [5.41, 5.74) is 3.35. The Bertz CT molecular complexity index is 623. The predicted molar refractivity (Wildman–Crippen MR) is 120 cm³/mol. The van der Waals surface area contributed by atoms with Crippen LogP contribution in [0.5, 0.6) is 0 Å². The summed E-state index contributed by atoms with van der Waals surface area (Å²) in [5.74, 6) is 1.05. The second-order valence-corrected chi connectivity index (χ2v) is 8.44. The molecule has 1 N–H and O–H groups in total. The molecule has 2 fully saturated rings. The van der Waals surface area contributed by atoms with Crippen LogP contribution in [0.3, 0.4) is 0 Å². The number of likely N-dealkylation sites (tertiary alicyclic amines) is 1. The largest absolute Gasteiger partial charge is 0.381 e. The Labute approximate surface area is 175 Å². The van der Waals surface area contributed by atoms with Crippen LogP contribution in [-0.4, -0.2) is 50.8 Å². The fraction of sp³-hybridized carbons (Fsp3) is 0.667. The van der Waals surface area contributed by atoms with Crippen LogP contribution in [0.1, 0.15) is 44.2 Å². The van der Waals surface area contributed by atoms with E-state index >= 15 is 0 Å². The number of rotatable bonds is 3. The van der Waals surface area contributed by atoms with E-state index in [0.29, 0.717) is 5.41 Å². The third-order valence-electron chi connectivity index (χ3n) is 5.94. The van der Waals surface area contributed by atoms with Gasteiger partial charge in [0.1, 0.15) is 0 Å². The van der Waals surface area contributed by atoms with Gasteiger partial charge in [-0.2, -0.15) is 0 Å². The monoisotopic (exact) mass is 471 g/mol. The molecule has 2 aliphatic rings. The lowest BCUT2D eigenvalue weighted by Crippen LogP contribution is -2.49. The molecule has 0 aliphatic carbocycles. The van der Waals surface area contributed by atoms with Crippen molar-refractivity contribution in [2.75, 3.05) is 39.9 Å². The van der Waals surface area contributed by atoms with Gasteiger partial charge < -0.3 is 15.0 Å². The third-order valence-corrected chi connectivity index (χ3v) is 5.94. The van der Waals surface area contributed by atoms with Gasteiger partial charge in [0.25, 0.3) is 0 Å². The van der Waals surface area contributed by atoms with E-state index in [1.807, 2.05) is 7.05 Å². The van der Waals surface area contributed by atoms with Gasteiger partial charge in [0.2, 0.25) is 0 Å². The second-order valence-electron chi connectivity index (χ2n) is 8.44. The molecule has 0 saturated carbocycles. The van der Waals surface area contributed by atoms with E-state index in [1.165, 1.54) is 17.5 Å². The molecule has 0 aromatic heterocycles. The molecule has 3 rings (SSSR count). The molecule has 0 amide bonds. The summed E-state index contributed by atoms with van der Waals surface area (Å²) in [5, 5.41) is 3.71. The average molecular weight is 471 g/mol. The van der Waals surface area contributed by atoms with E-state index in [4.69, 9.17) is 4.74 Å². The maximum absolute atomic E-state index is 5.68. The Hall–Kier alpha value is -0.820. The molecular formula is C21H34IN3O. The van der Waals surface area contributed by atoms with Gasteiger partial charge in [0, 0.05) is 45.3 Å². The Morgan fingerprint density at radius 2 is 1.88 bits per heavy atom. The molecule has 4 nitrogen and oxygen atoms in total. The molecule has 0 unspecified atom stereocenters. The minimum atomic E-state index is 0. The van der Waals surface area contributed by atoms with Crippen molar-refractivity contribution >= 4 is 29.9 Å². The molecule has 1 aromatic rings. The van der Waals surface area contributed by atoms with Crippen LogP contribution < -0.4 is 5.32 Å². The number of benzene rings is 1. The number of hydrogen-bond acceptors (Lipinski definition) is 2. The highest BCUT2D eigenvalue weighted by Crippen LogP contribution is 2.36. The first-order valence-corrected chi connectivity index (χ1v) is 9.55. The number of ether oxygens (including phenoxy) is 1. The van der Waals surface area contributed by atoms with Crippen molar-refractivity contribution in [2.45, 2.75) is 45.4 Å². The Morgan fingerprint density at radius 3 is 2.46 bits per heavy atom. The lowest BCUT2D eigenvalue weighted by Gasteiger charge is -2.40. The van der Waals surface area contributed by atoms with Gasteiger partial charge in [-0.3, -0.25) is 4.99 Å². The first-order chi connectivity index (χ1) is 12.0. The zero-order chi connectivity index (χ0) is 17.9. The molecule has 26 heavy (non-hydrogen) atoms.